The third-order valence-corrected chi connectivity index (χ3v) is 2.93. The summed E-state index contributed by atoms with van der Waals surface area (Å²) in [7, 11) is 0. The van der Waals surface area contributed by atoms with Gasteiger partial charge in [-0.15, -0.1) is 0 Å². The predicted octanol–water partition coefficient (Wildman–Crippen LogP) is 2.47. The molecule has 0 aliphatic heterocycles. The maximum atomic E-state index is 13.5. The molecule has 0 aromatic heterocycles. The van der Waals surface area contributed by atoms with Gasteiger partial charge in [-0.3, -0.25) is 0 Å². The average Bonchev–Trinajstić information content (AvgIpc) is 2.93. The van der Waals surface area contributed by atoms with E-state index in [2.05, 4.69) is 0 Å². The number of anilines is 1. The minimum absolute atomic E-state index is 0.243. The van der Waals surface area contributed by atoms with E-state index in [0.29, 0.717) is 16.5 Å². The second-order valence-electron chi connectivity index (χ2n) is 3.76. The molecule has 1 fully saturated rings. The van der Waals surface area contributed by atoms with Crippen molar-refractivity contribution in [2.24, 2.45) is 11.7 Å². The molecule has 1 atom stereocenters. The molecule has 0 radical (unpaired) electrons. The van der Waals surface area contributed by atoms with Crippen LogP contribution in [0.1, 0.15) is 24.4 Å². The lowest BCUT2D eigenvalue weighted by Crippen LogP contribution is -2.14. The molecular formula is C10H12ClFN2. The Morgan fingerprint density at radius 2 is 2.07 bits per heavy atom. The Bertz CT molecular complexity index is 363. The Morgan fingerprint density at radius 3 is 2.64 bits per heavy atom. The quantitative estimate of drug-likeness (QED) is 0.744. The summed E-state index contributed by atoms with van der Waals surface area (Å²) in [5.74, 6) is 0.0514. The first kappa shape index (κ1) is 9.74. The number of nitrogen functional groups attached to an aromatic ring is 1. The smallest absolute Gasteiger partial charge is 0.130 e. The van der Waals surface area contributed by atoms with E-state index < -0.39 is 0 Å². The maximum absolute atomic E-state index is 13.5. The zero-order valence-corrected chi connectivity index (χ0v) is 8.39. The molecule has 1 unspecified atom stereocenters. The zero-order chi connectivity index (χ0) is 10.3. The summed E-state index contributed by atoms with van der Waals surface area (Å²) >= 11 is 5.81. The van der Waals surface area contributed by atoms with Crippen LogP contribution in [0.3, 0.4) is 0 Å². The first-order valence-corrected chi connectivity index (χ1v) is 4.97. The third kappa shape index (κ3) is 1.70. The summed E-state index contributed by atoms with van der Waals surface area (Å²) in [5, 5.41) is 0.373. The molecule has 2 rings (SSSR count). The van der Waals surface area contributed by atoms with E-state index in [4.69, 9.17) is 23.1 Å². The Labute approximate surface area is 87.0 Å². The van der Waals surface area contributed by atoms with Gasteiger partial charge in [0.05, 0.1) is 10.7 Å². The molecule has 76 valence electrons. The summed E-state index contributed by atoms with van der Waals surface area (Å²) in [6, 6.07) is 2.53. The first-order valence-electron chi connectivity index (χ1n) is 4.59. The normalized spacial score (nSPS) is 18.2. The van der Waals surface area contributed by atoms with Crippen LogP contribution in [0.25, 0.3) is 0 Å². The van der Waals surface area contributed by atoms with Crippen LogP contribution in [0, 0.1) is 11.7 Å². The van der Waals surface area contributed by atoms with Gasteiger partial charge in [0.1, 0.15) is 5.82 Å². The summed E-state index contributed by atoms with van der Waals surface area (Å²) in [5.41, 5.74) is 12.1. The summed E-state index contributed by atoms with van der Waals surface area (Å²) in [6.07, 6.45) is 2.14. The zero-order valence-electron chi connectivity index (χ0n) is 7.63. The molecule has 0 amide bonds. The van der Waals surface area contributed by atoms with E-state index in [1.165, 1.54) is 12.1 Å². The number of benzene rings is 1. The van der Waals surface area contributed by atoms with Crippen molar-refractivity contribution < 1.29 is 4.39 Å². The number of halogens is 2. The lowest BCUT2D eigenvalue weighted by atomic mass is 10.0. The molecule has 4 N–H and O–H groups in total. The first-order chi connectivity index (χ1) is 6.59. The number of rotatable bonds is 2. The number of nitrogens with two attached hydrogens (primary N) is 2. The van der Waals surface area contributed by atoms with E-state index in [1.54, 1.807) is 0 Å². The van der Waals surface area contributed by atoms with E-state index in [9.17, 15) is 4.39 Å². The van der Waals surface area contributed by atoms with Gasteiger partial charge >= 0.3 is 0 Å². The van der Waals surface area contributed by atoms with Crippen LogP contribution in [-0.2, 0) is 0 Å². The van der Waals surface area contributed by atoms with Crippen LogP contribution in [-0.4, -0.2) is 0 Å². The van der Waals surface area contributed by atoms with Crippen LogP contribution in [0.2, 0.25) is 5.02 Å². The second-order valence-corrected chi connectivity index (χ2v) is 4.17. The van der Waals surface area contributed by atoms with Crippen LogP contribution < -0.4 is 11.5 Å². The van der Waals surface area contributed by atoms with Gasteiger partial charge in [-0.05, 0) is 30.9 Å². The topological polar surface area (TPSA) is 52.0 Å². The fourth-order valence-electron chi connectivity index (χ4n) is 1.54. The van der Waals surface area contributed by atoms with Gasteiger partial charge in [0, 0.05) is 11.6 Å². The minimum atomic E-state index is -0.355. The summed E-state index contributed by atoms with van der Waals surface area (Å²) in [6.45, 7) is 0. The Hall–Kier alpha value is -0.800. The monoisotopic (exact) mass is 214 g/mol. The fourth-order valence-corrected chi connectivity index (χ4v) is 1.71. The molecule has 1 aromatic rings. The van der Waals surface area contributed by atoms with Gasteiger partial charge in [0.25, 0.3) is 0 Å². The van der Waals surface area contributed by atoms with Crippen molar-refractivity contribution in [3.63, 3.8) is 0 Å². The van der Waals surface area contributed by atoms with Crippen molar-refractivity contribution >= 4 is 17.3 Å². The third-order valence-electron chi connectivity index (χ3n) is 2.60. The lowest BCUT2D eigenvalue weighted by molar-refractivity contribution is 0.554. The molecule has 0 spiro atoms. The van der Waals surface area contributed by atoms with Gasteiger partial charge in [-0.2, -0.15) is 0 Å². The van der Waals surface area contributed by atoms with Crippen LogP contribution in [0.4, 0.5) is 10.1 Å². The predicted molar refractivity (Wildman–Crippen MR) is 55.5 cm³/mol. The molecule has 1 saturated carbocycles. The average molecular weight is 215 g/mol. The number of hydrogen-bond donors (Lipinski definition) is 2. The molecule has 1 aromatic carbocycles. The van der Waals surface area contributed by atoms with Crippen molar-refractivity contribution in [3.8, 4) is 0 Å². The lowest BCUT2D eigenvalue weighted by Gasteiger charge is -2.13. The van der Waals surface area contributed by atoms with Crippen molar-refractivity contribution in [2.45, 2.75) is 18.9 Å². The van der Waals surface area contributed by atoms with Gasteiger partial charge in [0.15, 0.2) is 0 Å². The number of hydrogen-bond acceptors (Lipinski definition) is 2. The highest BCUT2D eigenvalue weighted by Gasteiger charge is 2.31. The molecule has 0 saturated heterocycles. The molecule has 2 nitrogen and oxygen atoms in total. The Morgan fingerprint density at radius 1 is 1.43 bits per heavy atom. The summed E-state index contributed by atoms with van der Waals surface area (Å²) in [4.78, 5) is 0. The van der Waals surface area contributed by atoms with E-state index in [1.807, 2.05) is 0 Å². The van der Waals surface area contributed by atoms with E-state index >= 15 is 0 Å². The molecule has 0 heterocycles. The SMILES string of the molecule is Nc1cc(F)c(C(N)C2CC2)cc1Cl. The van der Waals surface area contributed by atoms with E-state index in [-0.39, 0.29) is 17.5 Å². The Balaban J connectivity index is 2.36. The summed E-state index contributed by atoms with van der Waals surface area (Å²) < 4.78 is 13.5. The van der Waals surface area contributed by atoms with Gasteiger partial charge in [0.2, 0.25) is 0 Å². The van der Waals surface area contributed by atoms with Crippen molar-refractivity contribution in [1.82, 2.24) is 0 Å². The van der Waals surface area contributed by atoms with Gasteiger partial charge in [-0.25, -0.2) is 4.39 Å². The van der Waals surface area contributed by atoms with Crippen molar-refractivity contribution in [3.05, 3.63) is 28.5 Å². The minimum Gasteiger partial charge on any atom is -0.397 e. The Kier molecular flexibility index (Phi) is 2.37. The van der Waals surface area contributed by atoms with Gasteiger partial charge in [-0.1, -0.05) is 11.6 Å². The standard InChI is InChI=1S/C10H12ClFN2/c11-7-3-6(8(12)4-9(7)13)10(14)5-1-2-5/h3-5,10H,1-2,13-14H2. The highest BCUT2D eigenvalue weighted by atomic mass is 35.5. The molecular weight excluding hydrogens is 203 g/mol. The van der Waals surface area contributed by atoms with Crippen LogP contribution in [0.5, 0.6) is 0 Å². The second kappa shape index (κ2) is 3.41. The molecule has 1 aliphatic rings. The molecule has 1 aliphatic carbocycles. The maximum Gasteiger partial charge on any atom is 0.130 e. The molecule has 14 heavy (non-hydrogen) atoms. The van der Waals surface area contributed by atoms with Crippen LogP contribution in [0.15, 0.2) is 12.1 Å². The fraction of sp³-hybridized carbons (Fsp3) is 0.400. The van der Waals surface area contributed by atoms with Crippen LogP contribution >= 0.6 is 11.6 Å². The molecule has 4 heteroatoms. The van der Waals surface area contributed by atoms with Crippen molar-refractivity contribution in [1.29, 1.82) is 0 Å². The molecule has 0 bridgehead atoms. The van der Waals surface area contributed by atoms with Crippen molar-refractivity contribution in [2.75, 3.05) is 5.73 Å². The highest BCUT2D eigenvalue weighted by molar-refractivity contribution is 6.33. The van der Waals surface area contributed by atoms with E-state index in [0.717, 1.165) is 12.8 Å². The van der Waals surface area contributed by atoms with Gasteiger partial charge < -0.3 is 11.5 Å². The largest absolute Gasteiger partial charge is 0.397 e. The highest BCUT2D eigenvalue weighted by Crippen LogP contribution is 2.41.